The Morgan fingerprint density at radius 1 is 0.653 bits per heavy atom. The molecule has 2 unspecified atom stereocenters. The second kappa shape index (κ2) is 31.9. The molecule has 0 aliphatic rings. The number of carbonyl (C=O) groups is 2. The van der Waals surface area contributed by atoms with Crippen molar-refractivity contribution in [2.45, 2.75) is 142 Å². The molecule has 0 aliphatic heterocycles. The summed E-state index contributed by atoms with van der Waals surface area (Å²) < 4.78 is 34.0. The van der Waals surface area contributed by atoms with Gasteiger partial charge in [0.1, 0.15) is 19.8 Å². The van der Waals surface area contributed by atoms with Crippen molar-refractivity contribution in [1.29, 1.82) is 0 Å². The van der Waals surface area contributed by atoms with Gasteiger partial charge in [-0.25, -0.2) is 4.57 Å². The predicted octanol–water partition coefficient (Wildman–Crippen LogP) is 9.96. The Morgan fingerprint density at radius 2 is 1.16 bits per heavy atom. The van der Waals surface area contributed by atoms with Gasteiger partial charge >= 0.3 is 19.8 Å². The van der Waals surface area contributed by atoms with Gasteiger partial charge in [0, 0.05) is 12.8 Å². The Morgan fingerprint density at radius 3 is 1.73 bits per heavy atom. The lowest BCUT2D eigenvalue weighted by atomic mass is 10.1. The van der Waals surface area contributed by atoms with Crippen LogP contribution in [-0.4, -0.2) is 74.9 Å². The fraction of sp³-hybridized carbons (Fsp3) is 0.744. The largest absolute Gasteiger partial charge is 0.472 e. The summed E-state index contributed by atoms with van der Waals surface area (Å²) in [6.45, 7) is 4.19. The van der Waals surface area contributed by atoms with Crippen LogP contribution in [0.25, 0.3) is 0 Å². The number of hydrogen-bond donors (Lipinski definition) is 1. The Labute approximate surface area is 299 Å². The van der Waals surface area contributed by atoms with Crippen molar-refractivity contribution in [2.75, 3.05) is 47.5 Å². The van der Waals surface area contributed by atoms with E-state index in [0.29, 0.717) is 17.4 Å². The first-order chi connectivity index (χ1) is 23.5. The molecule has 49 heavy (non-hydrogen) atoms. The summed E-state index contributed by atoms with van der Waals surface area (Å²) in [7, 11) is 1.46. The number of hydrogen-bond acceptors (Lipinski definition) is 7. The molecule has 0 radical (unpaired) electrons. The third-order valence-corrected chi connectivity index (χ3v) is 8.61. The molecule has 0 bridgehead atoms. The SMILES string of the molecule is CC/C=C\C/C=C\C/C=C\C/C=C\CCCCCCCCC(=O)OC(COC(=O)CCCCCCCC)COP(=O)(O)OCC[N+](C)(C)C. The number of esters is 2. The van der Waals surface area contributed by atoms with Crippen molar-refractivity contribution < 1.29 is 42.1 Å². The molecule has 0 rings (SSSR count). The van der Waals surface area contributed by atoms with Crippen molar-refractivity contribution in [3.8, 4) is 0 Å². The monoisotopic (exact) mass is 712 g/mol. The molecule has 1 N–H and O–H groups in total. The fourth-order valence-corrected chi connectivity index (χ4v) is 5.39. The molecule has 0 amide bonds. The summed E-state index contributed by atoms with van der Waals surface area (Å²) in [4.78, 5) is 35.0. The number of quaternary nitrogens is 1. The van der Waals surface area contributed by atoms with E-state index in [-0.39, 0.29) is 32.0 Å². The second-order valence-corrected chi connectivity index (χ2v) is 15.0. The van der Waals surface area contributed by atoms with Crippen molar-refractivity contribution >= 4 is 19.8 Å². The molecule has 0 saturated heterocycles. The number of phosphoric ester groups is 1. The van der Waals surface area contributed by atoms with E-state index in [9.17, 15) is 19.0 Å². The number of ether oxygens (including phenoxy) is 2. The zero-order chi connectivity index (χ0) is 36.5. The maximum absolute atomic E-state index is 12.6. The summed E-state index contributed by atoms with van der Waals surface area (Å²) in [5.74, 6) is -0.830. The molecule has 10 heteroatoms. The topological polar surface area (TPSA) is 108 Å². The van der Waals surface area contributed by atoms with Gasteiger partial charge in [-0.05, 0) is 51.4 Å². The van der Waals surface area contributed by atoms with Crippen LogP contribution < -0.4 is 0 Å². The zero-order valence-electron chi connectivity index (χ0n) is 31.7. The Balaban J connectivity index is 4.35. The minimum absolute atomic E-state index is 0.0272. The van der Waals surface area contributed by atoms with Crippen LogP contribution in [0.2, 0.25) is 0 Å². The average Bonchev–Trinajstić information content (AvgIpc) is 3.04. The zero-order valence-corrected chi connectivity index (χ0v) is 32.6. The van der Waals surface area contributed by atoms with Gasteiger partial charge in [0.05, 0.1) is 27.7 Å². The van der Waals surface area contributed by atoms with Gasteiger partial charge in [-0.15, -0.1) is 0 Å². The van der Waals surface area contributed by atoms with Crippen LogP contribution in [0.4, 0.5) is 0 Å². The highest BCUT2D eigenvalue weighted by Gasteiger charge is 2.27. The average molecular weight is 713 g/mol. The third kappa shape index (κ3) is 35.6. The highest BCUT2D eigenvalue weighted by molar-refractivity contribution is 7.47. The maximum Gasteiger partial charge on any atom is 0.472 e. The number of phosphoric acid groups is 1. The number of unbranched alkanes of at least 4 members (excludes halogenated alkanes) is 11. The minimum Gasteiger partial charge on any atom is -0.462 e. The molecule has 0 spiro atoms. The van der Waals surface area contributed by atoms with Crippen LogP contribution >= 0.6 is 7.82 Å². The van der Waals surface area contributed by atoms with E-state index in [0.717, 1.165) is 89.9 Å². The molecule has 0 aromatic carbocycles. The van der Waals surface area contributed by atoms with E-state index >= 15 is 0 Å². The third-order valence-electron chi connectivity index (χ3n) is 7.62. The van der Waals surface area contributed by atoms with Gasteiger partial charge in [0.15, 0.2) is 6.10 Å². The molecule has 0 aliphatic carbocycles. The van der Waals surface area contributed by atoms with Gasteiger partial charge in [-0.2, -0.15) is 0 Å². The van der Waals surface area contributed by atoms with Crippen LogP contribution in [0.3, 0.4) is 0 Å². The summed E-state index contributed by atoms with van der Waals surface area (Å²) in [6.07, 6.45) is 34.7. The molecule has 0 heterocycles. The molecule has 0 aromatic rings. The summed E-state index contributed by atoms with van der Waals surface area (Å²) in [5.41, 5.74) is 0. The molecular weight excluding hydrogens is 641 g/mol. The first kappa shape index (κ1) is 47.0. The molecule has 2 atom stereocenters. The first-order valence-electron chi connectivity index (χ1n) is 18.9. The summed E-state index contributed by atoms with van der Waals surface area (Å²) in [5, 5.41) is 0. The van der Waals surface area contributed by atoms with E-state index < -0.39 is 26.5 Å². The van der Waals surface area contributed by atoms with Gasteiger partial charge < -0.3 is 18.9 Å². The highest BCUT2D eigenvalue weighted by Crippen LogP contribution is 2.43. The van der Waals surface area contributed by atoms with E-state index in [1.807, 2.05) is 21.1 Å². The van der Waals surface area contributed by atoms with E-state index in [1.165, 1.54) is 12.8 Å². The first-order valence-corrected chi connectivity index (χ1v) is 20.4. The van der Waals surface area contributed by atoms with Crippen molar-refractivity contribution in [1.82, 2.24) is 0 Å². The van der Waals surface area contributed by atoms with Crippen LogP contribution in [0.1, 0.15) is 136 Å². The molecule has 0 saturated carbocycles. The minimum atomic E-state index is -4.36. The number of carbonyl (C=O) groups excluding carboxylic acids is 2. The number of allylic oxidation sites excluding steroid dienone is 8. The van der Waals surface area contributed by atoms with Crippen molar-refractivity contribution in [3.05, 3.63) is 48.6 Å². The second-order valence-electron chi connectivity index (χ2n) is 13.6. The summed E-state index contributed by atoms with van der Waals surface area (Å²) >= 11 is 0. The number of rotatable bonds is 33. The highest BCUT2D eigenvalue weighted by atomic mass is 31.2. The van der Waals surface area contributed by atoms with Crippen LogP contribution in [-0.2, 0) is 32.7 Å². The van der Waals surface area contributed by atoms with Crippen LogP contribution in [0.15, 0.2) is 48.6 Å². The van der Waals surface area contributed by atoms with Gasteiger partial charge in [-0.1, -0.05) is 120 Å². The lowest BCUT2D eigenvalue weighted by Crippen LogP contribution is -2.37. The maximum atomic E-state index is 12.6. The summed E-state index contributed by atoms with van der Waals surface area (Å²) in [6, 6.07) is 0. The molecule has 284 valence electrons. The lowest BCUT2D eigenvalue weighted by Gasteiger charge is -2.24. The molecular formula is C39H71NO8P+. The van der Waals surface area contributed by atoms with E-state index in [1.54, 1.807) is 0 Å². The quantitative estimate of drug-likeness (QED) is 0.0236. The normalized spacial score (nSPS) is 14.3. The Hall–Kier alpha value is -2.03. The van der Waals surface area contributed by atoms with Crippen molar-refractivity contribution in [3.63, 3.8) is 0 Å². The number of likely N-dealkylation sites (N-methyl/N-ethyl adjacent to an activating group) is 1. The molecule has 9 nitrogen and oxygen atoms in total. The van der Waals surface area contributed by atoms with Crippen LogP contribution in [0.5, 0.6) is 0 Å². The van der Waals surface area contributed by atoms with Crippen molar-refractivity contribution in [2.24, 2.45) is 0 Å². The number of nitrogens with zero attached hydrogens (tertiary/aromatic N) is 1. The standard InChI is InChI=1S/C39H70NO8P/c1-6-8-10-12-14-15-16-17-18-19-20-21-22-23-24-25-26-28-30-32-39(42)48-37(35-45-38(41)31-29-27-13-11-9-7-2)36-47-49(43,44)46-34-33-40(3,4)5/h8,10,14-15,17-18,20-21,37H,6-7,9,11-13,16,19,22-36H2,1-5H3/p+1/b10-8-,15-14-,18-17-,21-20-. The Kier molecular flexibility index (Phi) is 30.6. The van der Waals surface area contributed by atoms with Crippen LogP contribution in [0, 0.1) is 0 Å². The Bertz CT molecular complexity index is 986. The molecule has 0 aromatic heterocycles. The van der Waals surface area contributed by atoms with Gasteiger partial charge in [0.25, 0.3) is 0 Å². The predicted molar refractivity (Wildman–Crippen MR) is 201 cm³/mol. The van der Waals surface area contributed by atoms with E-state index in [2.05, 4.69) is 62.5 Å². The van der Waals surface area contributed by atoms with Gasteiger partial charge in [0.2, 0.25) is 0 Å². The molecule has 0 fully saturated rings. The lowest BCUT2D eigenvalue weighted by molar-refractivity contribution is -0.870. The van der Waals surface area contributed by atoms with E-state index in [4.69, 9.17) is 18.5 Å². The van der Waals surface area contributed by atoms with Gasteiger partial charge in [-0.3, -0.25) is 18.6 Å². The fourth-order valence-electron chi connectivity index (χ4n) is 4.65. The smallest absolute Gasteiger partial charge is 0.462 e.